The van der Waals surface area contributed by atoms with Gasteiger partial charge in [-0.3, -0.25) is 4.79 Å². The molecule has 3 heterocycles. The number of aryl methyl sites for hydroxylation is 1. The van der Waals surface area contributed by atoms with Crippen LogP contribution < -0.4 is 10.6 Å². The third-order valence-electron chi connectivity index (χ3n) is 4.47. The first-order valence-electron chi connectivity index (χ1n) is 7.78. The second-order valence-corrected chi connectivity index (χ2v) is 6.01. The molecule has 2 aliphatic rings. The molecular formula is C16H21Cl2N5O. The number of rotatable bonds is 3. The van der Waals surface area contributed by atoms with Crippen LogP contribution in [0.2, 0.25) is 0 Å². The lowest BCUT2D eigenvalue weighted by Crippen LogP contribution is -2.28. The smallest absolute Gasteiger partial charge is 0.251 e. The largest absolute Gasteiger partial charge is 0.342 e. The van der Waals surface area contributed by atoms with Crippen molar-refractivity contribution in [1.82, 2.24) is 25.4 Å². The number of hydrogen-bond donors (Lipinski definition) is 2. The third kappa shape index (κ3) is 3.27. The molecule has 24 heavy (non-hydrogen) atoms. The van der Waals surface area contributed by atoms with E-state index in [4.69, 9.17) is 0 Å². The SMILES string of the molecule is CC(NC(=O)c1ccc2c(c1)CNC2)c1nnc2n1CCC2.Cl.Cl. The fourth-order valence-corrected chi connectivity index (χ4v) is 3.27. The molecule has 1 unspecified atom stereocenters. The molecule has 0 saturated carbocycles. The summed E-state index contributed by atoms with van der Waals surface area (Å²) >= 11 is 0. The number of carbonyl (C=O) groups is 1. The molecule has 4 rings (SSSR count). The summed E-state index contributed by atoms with van der Waals surface area (Å²) < 4.78 is 2.12. The minimum absolute atomic E-state index is 0. The van der Waals surface area contributed by atoms with Gasteiger partial charge < -0.3 is 15.2 Å². The normalized spacial score (nSPS) is 15.7. The first kappa shape index (κ1) is 18.7. The van der Waals surface area contributed by atoms with Gasteiger partial charge in [-0.05, 0) is 36.6 Å². The van der Waals surface area contributed by atoms with Crippen molar-refractivity contribution < 1.29 is 4.79 Å². The fourth-order valence-electron chi connectivity index (χ4n) is 3.27. The lowest BCUT2D eigenvalue weighted by atomic mass is 10.1. The molecule has 2 N–H and O–H groups in total. The molecule has 0 spiro atoms. The maximum atomic E-state index is 12.5. The number of fused-ring (bicyclic) bond motifs is 2. The first-order valence-corrected chi connectivity index (χ1v) is 7.78. The summed E-state index contributed by atoms with van der Waals surface area (Å²) in [6.07, 6.45) is 2.09. The van der Waals surface area contributed by atoms with Gasteiger partial charge in [0.05, 0.1) is 6.04 Å². The van der Waals surface area contributed by atoms with Crippen molar-refractivity contribution in [2.24, 2.45) is 0 Å². The van der Waals surface area contributed by atoms with Crippen molar-refractivity contribution in [2.45, 2.75) is 45.4 Å². The lowest BCUT2D eigenvalue weighted by molar-refractivity contribution is 0.0937. The number of nitrogens with zero attached hydrogens (tertiary/aromatic N) is 3. The Morgan fingerprint density at radius 3 is 2.88 bits per heavy atom. The van der Waals surface area contributed by atoms with E-state index < -0.39 is 0 Å². The van der Waals surface area contributed by atoms with Crippen LogP contribution in [0.3, 0.4) is 0 Å². The van der Waals surface area contributed by atoms with E-state index in [0.29, 0.717) is 5.56 Å². The summed E-state index contributed by atoms with van der Waals surface area (Å²) in [6, 6.07) is 5.76. The number of hydrogen-bond acceptors (Lipinski definition) is 4. The van der Waals surface area contributed by atoms with Gasteiger partial charge in [0, 0.05) is 31.6 Å². The Bertz CT molecular complexity index is 746. The Morgan fingerprint density at radius 2 is 2.04 bits per heavy atom. The second-order valence-electron chi connectivity index (χ2n) is 6.01. The highest BCUT2D eigenvalue weighted by Crippen LogP contribution is 2.20. The van der Waals surface area contributed by atoms with E-state index in [1.165, 1.54) is 11.1 Å². The van der Waals surface area contributed by atoms with E-state index in [1.54, 1.807) is 0 Å². The quantitative estimate of drug-likeness (QED) is 0.869. The molecule has 1 atom stereocenters. The highest BCUT2D eigenvalue weighted by molar-refractivity contribution is 5.94. The molecule has 8 heteroatoms. The Morgan fingerprint density at radius 1 is 1.25 bits per heavy atom. The van der Waals surface area contributed by atoms with E-state index in [-0.39, 0.29) is 36.8 Å². The number of carbonyl (C=O) groups excluding carboxylic acids is 1. The van der Waals surface area contributed by atoms with Gasteiger partial charge in [-0.25, -0.2) is 0 Å². The molecule has 130 valence electrons. The Kier molecular flexibility index (Phi) is 5.85. The van der Waals surface area contributed by atoms with Crippen molar-refractivity contribution in [1.29, 1.82) is 0 Å². The fraction of sp³-hybridized carbons (Fsp3) is 0.438. The average molecular weight is 370 g/mol. The van der Waals surface area contributed by atoms with Gasteiger partial charge in [0.15, 0.2) is 5.82 Å². The maximum absolute atomic E-state index is 12.5. The molecule has 0 fully saturated rings. The van der Waals surface area contributed by atoms with Crippen molar-refractivity contribution in [3.8, 4) is 0 Å². The molecule has 0 bridgehead atoms. The molecule has 2 aromatic rings. The van der Waals surface area contributed by atoms with Crippen LogP contribution in [0.4, 0.5) is 0 Å². The molecule has 0 aliphatic carbocycles. The van der Waals surface area contributed by atoms with E-state index in [9.17, 15) is 4.79 Å². The Hall–Kier alpha value is -1.63. The van der Waals surface area contributed by atoms with Crippen molar-refractivity contribution in [3.05, 3.63) is 46.5 Å². The summed E-state index contributed by atoms with van der Waals surface area (Å²) in [5, 5.41) is 14.8. The number of aromatic nitrogens is 3. The second kappa shape index (κ2) is 7.51. The van der Waals surface area contributed by atoms with Crippen LogP contribution in [0.15, 0.2) is 18.2 Å². The first-order chi connectivity index (χ1) is 10.7. The zero-order chi connectivity index (χ0) is 15.1. The van der Waals surface area contributed by atoms with E-state index >= 15 is 0 Å². The monoisotopic (exact) mass is 369 g/mol. The number of amides is 1. The molecular weight excluding hydrogens is 349 g/mol. The van der Waals surface area contributed by atoms with Crippen LogP contribution in [0.5, 0.6) is 0 Å². The van der Waals surface area contributed by atoms with Gasteiger partial charge in [0.25, 0.3) is 5.91 Å². The van der Waals surface area contributed by atoms with Crippen molar-refractivity contribution >= 4 is 30.7 Å². The minimum Gasteiger partial charge on any atom is -0.342 e. The molecule has 2 aliphatic heterocycles. The third-order valence-corrected chi connectivity index (χ3v) is 4.47. The van der Waals surface area contributed by atoms with E-state index in [1.807, 2.05) is 25.1 Å². The van der Waals surface area contributed by atoms with Crippen molar-refractivity contribution in [3.63, 3.8) is 0 Å². The van der Waals surface area contributed by atoms with Crippen LogP contribution in [0.1, 0.15) is 52.5 Å². The number of halogens is 2. The number of nitrogens with one attached hydrogen (secondary N) is 2. The van der Waals surface area contributed by atoms with Crippen LogP contribution in [-0.4, -0.2) is 20.7 Å². The Labute approximate surface area is 153 Å². The molecule has 6 nitrogen and oxygen atoms in total. The minimum atomic E-state index is -0.141. The van der Waals surface area contributed by atoms with Gasteiger partial charge in [-0.15, -0.1) is 35.0 Å². The van der Waals surface area contributed by atoms with Crippen LogP contribution >= 0.6 is 24.8 Å². The molecule has 1 aromatic carbocycles. The van der Waals surface area contributed by atoms with Gasteiger partial charge in [-0.2, -0.15) is 0 Å². The summed E-state index contributed by atoms with van der Waals surface area (Å²) in [5.74, 6) is 1.82. The zero-order valence-electron chi connectivity index (χ0n) is 13.4. The zero-order valence-corrected chi connectivity index (χ0v) is 15.0. The van der Waals surface area contributed by atoms with Gasteiger partial charge in [0.2, 0.25) is 0 Å². The molecule has 1 aromatic heterocycles. The summed E-state index contributed by atoms with van der Waals surface area (Å²) in [7, 11) is 0. The van der Waals surface area contributed by atoms with Crippen LogP contribution in [-0.2, 0) is 26.1 Å². The van der Waals surface area contributed by atoms with Crippen molar-refractivity contribution in [2.75, 3.05) is 0 Å². The molecule has 0 saturated heterocycles. The standard InChI is InChI=1S/C16H19N5O.2ClH/c1-10(15-20-19-14-3-2-6-21(14)15)18-16(22)11-4-5-12-8-17-9-13(12)7-11;;/h4-5,7,10,17H,2-3,6,8-9H2,1H3,(H,18,22);2*1H. The summed E-state index contributed by atoms with van der Waals surface area (Å²) in [4.78, 5) is 12.5. The predicted octanol–water partition coefficient (Wildman–Crippen LogP) is 2.16. The van der Waals surface area contributed by atoms with Crippen LogP contribution in [0.25, 0.3) is 0 Å². The van der Waals surface area contributed by atoms with Gasteiger partial charge in [-0.1, -0.05) is 6.07 Å². The highest BCUT2D eigenvalue weighted by atomic mass is 35.5. The topological polar surface area (TPSA) is 71.8 Å². The summed E-state index contributed by atoms with van der Waals surface area (Å²) in [5.41, 5.74) is 3.19. The maximum Gasteiger partial charge on any atom is 0.251 e. The predicted molar refractivity (Wildman–Crippen MR) is 95.7 cm³/mol. The molecule has 1 amide bonds. The summed E-state index contributed by atoms with van der Waals surface area (Å²) in [6.45, 7) is 4.63. The van der Waals surface area contributed by atoms with Gasteiger partial charge in [0.1, 0.15) is 5.82 Å². The highest BCUT2D eigenvalue weighted by Gasteiger charge is 2.23. The van der Waals surface area contributed by atoms with E-state index in [2.05, 4.69) is 25.4 Å². The number of benzene rings is 1. The van der Waals surface area contributed by atoms with Gasteiger partial charge >= 0.3 is 0 Å². The lowest BCUT2D eigenvalue weighted by Gasteiger charge is -2.14. The van der Waals surface area contributed by atoms with Crippen LogP contribution in [0, 0.1) is 0 Å². The van der Waals surface area contributed by atoms with E-state index in [0.717, 1.165) is 44.1 Å². The Balaban J connectivity index is 0.00000104. The molecule has 0 radical (unpaired) electrons. The average Bonchev–Trinajstić information content (AvgIpc) is 3.22.